The predicted molar refractivity (Wildman–Crippen MR) is 201 cm³/mol. The highest BCUT2D eigenvalue weighted by molar-refractivity contribution is 6.03. The first-order valence-corrected chi connectivity index (χ1v) is 15.7. The minimum absolute atomic E-state index is 0.264. The molecule has 1 heterocycles. The predicted octanol–water partition coefficient (Wildman–Crippen LogP) is 8.47. The summed E-state index contributed by atoms with van der Waals surface area (Å²) in [7, 11) is 1.84. The fourth-order valence-corrected chi connectivity index (χ4v) is 6.24. The van der Waals surface area contributed by atoms with Gasteiger partial charge >= 0.3 is 0 Å². The summed E-state index contributed by atoms with van der Waals surface area (Å²) in [5.41, 5.74) is 10.6. The summed E-state index contributed by atoms with van der Waals surface area (Å²) in [4.78, 5) is 8.49. The normalized spacial score (nSPS) is 17.9. The van der Waals surface area contributed by atoms with Gasteiger partial charge in [0.15, 0.2) is 5.84 Å². The lowest BCUT2D eigenvalue weighted by Crippen LogP contribution is -2.22. The van der Waals surface area contributed by atoms with Gasteiger partial charge in [0.25, 0.3) is 0 Å². The Labute approximate surface area is 279 Å². The summed E-state index contributed by atoms with van der Waals surface area (Å²) >= 11 is 0. The summed E-state index contributed by atoms with van der Waals surface area (Å²) in [6, 6.07) is 26.1. The number of aliphatic imine (C=N–C) groups is 2. The molecule has 1 unspecified atom stereocenters. The van der Waals surface area contributed by atoms with Gasteiger partial charge in [-0.15, -0.1) is 6.58 Å². The number of hydrogen-bond donors (Lipinski definition) is 0. The fraction of sp³-hybridized carbons (Fsp3) is 0.171. The number of benzene rings is 3. The van der Waals surface area contributed by atoms with Gasteiger partial charge in [-0.1, -0.05) is 85.0 Å². The van der Waals surface area contributed by atoms with E-state index in [1.807, 2.05) is 30.4 Å². The van der Waals surface area contributed by atoms with Crippen molar-refractivity contribution in [2.45, 2.75) is 25.3 Å². The Bertz CT molecular complexity index is 1840. The van der Waals surface area contributed by atoms with Crippen LogP contribution in [-0.2, 0) is 12.0 Å². The fourth-order valence-electron chi connectivity index (χ4n) is 6.24. The average molecular weight is 619 g/mol. The second-order valence-electron chi connectivity index (χ2n) is 11.7. The second-order valence-corrected chi connectivity index (χ2v) is 11.7. The summed E-state index contributed by atoms with van der Waals surface area (Å²) in [6.45, 7) is 18.7. The van der Waals surface area contributed by atoms with Crippen molar-refractivity contribution in [2.75, 3.05) is 20.1 Å². The molecule has 47 heavy (non-hydrogen) atoms. The molecule has 236 valence electrons. The molecule has 3 aromatic rings. The highest BCUT2D eigenvalue weighted by atomic mass is 15.5. The van der Waals surface area contributed by atoms with Crippen LogP contribution in [0.15, 0.2) is 154 Å². The highest BCUT2D eigenvalue weighted by Crippen LogP contribution is 2.54. The van der Waals surface area contributed by atoms with Gasteiger partial charge in [0.2, 0.25) is 0 Å². The molecule has 0 radical (unpaired) electrons. The third-order valence-electron chi connectivity index (χ3n) is 8.58. The van der Waals surface area contributed by atoms with Crippen molar-refractivity contribution < 1.29 is 0 Å². The number of allylic oxidation sites excluding steroid dienone is 8. The molecule has 0 fully saturated rings. The second kappa shape index (κ2) is 15.1. The Morgan fingerprint density at radius 2 is 1.77 bits per heavy atom. The lowest BCUT2D eigenvalue weighted by molar-refractivity contribution is 0.399. The molecule has 1 atom stereocenters. The zero-order chi connectivity index (χ0) is 33.2. The smallest absolute Gasteiger partial charge is 0.178 e. The summed E-state index contributed by atoms with van der Waals surface area (Å²) in [6.07, 6.45) is 17.7. The topological polar surface area (TPSA) is 55.9 Å². The van der Waals surface area contributed by atoms with Crippen molar-refractivity contribution in [3.63, 3.8) is 0 Å². The average Bonchev–Trinajstić information content (AvgIpc) is 3.22. The zero-order valence-electron chi connectivity index (χ0n) is 27.4. The summed E-state index contributed by atoms with van der Waals surface area (Å²) in [5.74, 6) is 0.579. The Morgan fingerprint density at radius 3 is 2.45 bits per heavy atom. The van der Waals surface area contributed by atoms with Crippen molar-refractivity contribution in [3.05, 3.63) is 167 Å². The van der Waals surface area contributed by atoms with E-state index >= 15 is 0 Å². The SMILES string of the molecule is C=CCN(C)N=C.C=NCc1cc(C2=CCC=C3C(=C2)C(C)(c2ccccc2)c2ccccc23)cc(/C(N=C)=N/N2C=CC=CC2)c1. The Hall–Kier alpha value is -5.62. The van der Waals surface area contributed by atoms with E-state index in [1.54, 1.807) is 11.1 Å². The molecule has 0 N–H and O–H groups in total. The number of rotatable bonds is 9. The van der Waals surface area contributed by atoms with Crippen molar-refractivity contribution >= 4 is 37.1 Å². The van der Waals surface area contributed by atoms with E-state index in [0.29, 0.717) is 18.9 Å². The maximum atomic E-state index is 4.76. The maximum absolute atomic E-state index is 4.76. The molecular formula is C41H42N6. The van der Waals surface area contributed by atoms with Gasteiger partial charge in [-0.2, -0.15) is 10.2 Å². The molecule has 0 amide bonds. The van der Waals surface area contributed by atoms with Gasteiger partial charge in [-0.3, -0.25) is 15.0 Å². The largest absolute Gasteiger partial charge is 0.297 e. The van der Waals surface area contributed by atoms with Gasteiger partial charge in [0, 0.05) is 30.9 Å². The molecular weight excluding hydrogens is 576 g/mol. The molecule has 6 heteroatoms. The van der Waals surface area contributed by atoms with E-state index in [4.69, 9.17) is 5.10 Å². The lowest BCUT2D eigenvalue weighted by atomic mass is 9.73. The number of hydrazone groups is 2. The lowest BCUT2D eigenvalue weighted by Gasteiger charge is -2.29. The Morgan fingerprint density at radius 1 is 0.979 bits per heavy atom. The van der Waals surface area contributed by atoms with Gasteiger partial charge in [-0.05, 0) is 102 Å². The van der Waals surface area contributed by atoms with Crippen molar-refractivity contribution in [2.24, 2.45) is 20.2 Å². The molecule has 6 nitrogen and oxygen atoms in total. The molecule has 3 aliphatic rings. The number of fused-ring (bicyclic) bond motifs is 3. The first kappa shape index (κ1) is 32.8. The first-order chi connectivity index (χ1) is 22.9. The molecule has 0 saturated carbocycles. The molecule has 2 aliphatic carbocycles. The van der Waals surface area contributed by atoms with Gasteiger partial charge in [-0.25, -0.2) is 4.99 Å². The van der Waals surface area contributed by atoms with Crippen LogP contribution in [0.1, 0.15) is 46.7 Å². The third kappa shape index (κ3) is 7.12. The van der Waals surface area contributed by atoms with E-state index in [0.717, 1.165) is 29.7 Å². The minimum atomic E-state index is -0.264. The molecule has 6 rings (SSSR count). The Balaban J connectivity index is 0.000000559. The van der Waals surface area contributed by atoms with Crippen LogP contribution in [-0.4, -0.2) is 56.1 Å². The van der Waals surface area contributed by atoms with Gasteiger partial charge < -0.3 is 0 Å². The number of likely N-dealkylation sites (N-methyl/N-ethyl adjacent to an activating group) is 1. The number of amidine groups is 1. The highest BCUT2D eigenvalue weighted by Gasteiger charge is 2.43. The molecule has 0 spiro atoms. The monoisotopic (exact) mass is 618 g/mol. The zero-order valence-corrected chi connectivity index (χ0v) is 27.4. The molecule has 0 saturated heterocycles. The summed E-state index contributed by atoms with van der Waals surface area (Å²) in [5, 5.41) is 11.9. The van der Waals surface area contributed by atoms with E-state index < -0.39 is 0 Å². The van der Waals surface area contributed by atoms with Crippen LogP contribution in [0.25, 0.3) is 11.1 Å². The molecule has 0 bridgehead atoms. The Kier molecular flexibility index (Phi) is 10.5. The molecule has 3 aromatic carbocycles. The quantitative estimate of drug-likeness (QED) is 0.105. The standard InChI is InChI=1S/C36H32N4.C5H10N2/c1-36(30-14-6-4-7-15-30)33-18-9-8-16-31(33)32-17-12-13-27(24-34(32)36)28-21-26(25-37-2)22-29(23-28)35(38-3)39-40-19-10-5-11-20-40;1-4-5-7(3)6-2/h4-11,13-19,21-24H,2-3,12,20,25H2,1H3;4H,1-2,5H2,3H3/b39-35-;. The molecule has 1 aliphatic heterocycles. The van der Waals surface area contributed by atoms with Crippen LogP contribution in [0, 0.1) is 0 Å². The first-order valence-electron chi connectivity index (χ1n) is 15.7. The summed E-state index contributed by atoms with van der Waals surface area (Å²) < 4.78 is 0. The van der Waals surface area contributed by atoms with Crippen LogP contribution in [0.3, 0.4) is 0 Å². The van der Waals surface area contributed by atoms with Crippen molar-refractivity contribution in [3.8, 4) is 0 Å². The van der Waals surface area contributed by atoms with E-state index in [1.165, 1.54) is 33.4 Å². The number of hydrogen-bond acceptors (Lipinski definition) is 5. The van der Waals surface area contributed by atoms with Crippen LogP contribution in [0.4, 0.5) is 0 Å². The van der Waals surface area contributed by atoms with Gasteiger partial charge in [0.05, 0.1) is 19.6 Å². The van der Waals surface area contributed by atoms with Crippen LogP contribution >= 0.6 is 0 Å². The van der Waals surface area contributed by atoms with Gasteiger partial charge in [0.1, 0.15) is 0 Å². The van der Waals surface area contributed by atoms with Crippen LogP contribution < -0.4 is 0 Å². The maximum Gasteiger partial charge on any atom is 0.178 e. The minimum Gasteiger partial charge on any atom is -0.297 e. The van der Waals surface area contributed by atoms with E-state index in [9.17, 15) is 0 Å². The van der Waals surface area contributed by atoms with Crippen molar-refractivity contribution in [1.82, 2.24) is 10.0 Å². The third-order valence-corrected chi connectivity index (χ3v) is 8.58. The van der Waals surface area contributed by atoms with E-state index in [-0.39, 0.29) is 5.41 Å². The van der Waals surface area contributed by atoms with E-state index in [2.05, 4.69) is 146 Å². The van der Waals surface area contributed by atoms with Crippen molar-refractivity contribution in [1.29, 1.82) is 0 Å². The van der Waals surface area contributed by atoms with Crippen LogP contribution in [0.2, 0.25) is 0 Å². The number of nitrogens with zero attached hydrogens (tertiary/aromatic N) is 6. The van der Waals surface area contributed by atoms with Crippen LogP contribution in [0.5, 0.6) is 0 Å². The molecule has 0 aromatic heterocycles.